The first-order valence-electron chi connectivity index (χ1n) is 8.95. The number of hydrogen-bond donors (Lipinski definition) is 1. The molecule has 0 bridgehead atoms. The van der Waals surface area contributed by atoms with Crippen LogP contribution in [-0.2, 0) is 21.3 Å². The minimum atomic E-state index is -3.42. The van der Waals surface area contributed by atoms with Crippen LogP contribution in [0.4, 0.5) is 5.69 Å². The van der Waals surface area contributed by atoms with E-state index in [1.807, 2.05) is 6.07 Å². The van der Waals surface area contributed by atoms with Crippen molar-refractivity contribution in [3.8, 4) is 0 Å². The zero-order valence-electron chi connectivity index (χ0n) is 15.3. The van der Waals surface area contributed by atoms with Crippen molar-refractivity contribution in [1.82, 2.24) is 5.32 Å². The largest absolute Gasteiger partial charge is 0.376 e. The summed E-state index contributed by atoms with van der Waals surface area (Å²) in [5, 5.41) is 2.88. The van der Waals surface area contributed by atoms with Gasteiger partial charge in [0, 0.05) is 18.7 Å². The van der Waals surface area contributed by atoms with Gasteiger partial charge in [-0.25, -0.2) is 8.42 Å². The van der Waals surface area contributed by atoms with Gasteiger partial charge in [0.15, 0.2) is 0 Å². The van der Waals surface area contributed by atoms with Gasteiger partial charge < -0.3 is 10.1 Å². The van der Waals surface area contributed by atoms with Gasteiger partial charge >= 0.3 is 0 Å². The van der Waals surface area contributed by atoms with Crippen molar-refractivity contribution >= 4 is 21.6 Å². The number of carbonyl (C=O) groups excluding carboxylic acids is 1. The van der Waals surface area contributed by atoms with E-state index in [9.17, 15) is 13.2 Å². The molecule has 144 valence electrons. The molecule has 2 aromatic rings. The highest BCUT2D eigenvalue weighted by atomic mass is 32.2. The van der Waals surface area contributed by atoms with Gasteiger partial charge in [-0.15, -0.1) is 0 Å². The molecule has 1 heterocycles. The number of hydrogen-bond acceptors (Lipinski definition) is 4. The normalized spacial score (nSPS) is 16.9. The number of benzene rings is 2. The average molecular weight is 388 g/mol. The van der Waals surface area contributed by atoms with Gasteiger partial charge in [-0.3, -0.25) is 9.10 Å². The zero-order chi connectivity index (χ0) is 19.3. The highest BCUT2D eigenvalue weighted by Gasteiger charge is 2.19. The Kier molecular flexibility index (Phi) is 6.13. The Balaban J connectivity index is 1.66. The fraction of sp³-hybridized carbons (Fsp3) is 0.350. The number of rotatable bonds is 7. The van der Waals surface area contributed by atoms with Crippen molar-refractivity contribution in [2.24, 2.45) is 0 Å². The molecule has 27 heavy (non-hydrogen) atoms. The van der Waals surface area contributed by atoms with E-state index in [4.69, 9.17) is 4.74 Å². The van der Waals surface area contributed by atoms with Gasteiger partial charge in [0.1, 0.15) is 0 Å². The molecule has 1 aliphatic rings. The first kappa shape index (κ1) is 19.4. The van der Waals surface area contributed by atoms with E-state index in [0.717, 1.165) is 25.0 Å². The first-order valence-corrected chi connectivity index (χ1v) is 10.8. The van der Waals surface area contributed by atoms with Crippen LogP contribution in [0.1, 0.15) is 28.8 Å². The van der Waals surface area contributed by atoms with Crippen LogP contribution < -0.4 is 9.62 Å². The molecule has 0 aromatic heterocycles. The van der Waals surface area contributed by atoms with Crippen LogP contribution in [-0.4, -0.2) is 39.8 Å². The van der Waals surface area contributed by atoms with Gasteiger partial charge in [0.25, 0.3) is 5.91 Å². The second-order valence-electron chi connectivity index (χ2n) is 6.65. The SMILES string of the molecule is CS(=O)(=O)N(Cc1ccc(C(=O)NC[C@@H]2CCCO2)cc1)c1ccccc1. The maximum absolute atomic E-state index is 12.2. The summed E-state index contributed by atoms with van der Waals surface area (Å²) in [5.74, 6) is -0.153. The van der Waals surface area contributed by atoms with E-state index in [0.29, 0.717) is 17.8 Å². The lowest BCUT2D eigenvalue weighted by Crippen LogP contribution is -2.31. The molecule has 0 aliphatic carbocycles. The second kappa shape index (κ2) is 8.54. The van der Waals surface area contributed by atoms with E-state index in [1.165, 1.54) is 10.6 Å². The minimum Gasteiger partial charge on any atom is -0.376 e. The summed E-state index contributed by atoms with van der Waals surface area (Å²) in [4.78, 5) is 12.2. The van der Waals surface area contributed by atoms with E-state index >= 15 is 0 Å². The van der Waals surface area contributed by atoms with Crippen molar-refractivity contribution in [1.29, 1.82) is 0 Å². The van der Waals surface area contributed by atoms with E-state index < -0.39 is 10.0 Å². The van der Waals surface area contributed by atoms with Crippen molar-refractivity contribution in [3.63, 3.8) is 0 Å². The molecule has 1 saturated heterocycles. The molecule has 0 unspecified atom stereocenters. The fourth-order valence-corrected chi connectivity index (χ4v) is 3.92. The van der Waals surface area contributed by atoms with Crippen LogP contribution in [0.5, 0.6) is 0 Å². The summed E-state index contributed by atoms with van der Waals surface area (Å²) in [7, 11) is -3.42. The summed E-state index contributed by atoms with van der Waals surface area (Å²) in [6.07, 6.45) is 3.29. The number of carbonyl (C=O) groups is 1. The van der Waals surface area contributed by atoms with Crippen molar-refractivity contribution in [3.05, 3.63) is 65.7 Å². The molecule has 0 radical (unpaired) electrons. The highest BCUT2D eigenvalue weighted by molar-refractivity contribution is 7.92. The predicted octanol–water partition coefficient (Wildman–Crippen LogP) is 2.56. The third kappa shape index (κ3) is 5.30. The van der Waals surface area contributed by atoms with Gasteiger partial charge in [0.05, 0.1) is 24.6 Å². The van der Waals surface area contributed by atoms with Gasteiger partial charge in [0.2, 0.25) is 10.0 Å². The second-order valence-corrected chi connectivity index (χ2v) is 8.55. The molecule has 1 fully saturated rings. The number of amides is 1. The minimum absolute atomic E-state index is 0.0995. The molecular weight excluding hydrogens is 364 g/mol. The molecule has 6 nitrogen and oxygen atoms in total. The maximum atomic E-state index is 12.2. The first-order chi connectivity index (χ1) is 12.9. The lowest BCUT2D eigenvalue weighted by molar-refractivity contribution is 0.0858. The smallest absolute Gasteiger partial charge is 0.251 e. The summed E-state index contributed by atoms with van der Waals surface area (Å²) in [6, 6.07) is 15.9. The van der Waals surface area contributed by atoms with E-state index in [1.54, 1.807) is 48.5 Å². The molecule has 2 aromatic carbocycles. The number of nitrogens with zero attached hydrogens (tertiary/aromatic N) is 1. The van der Waals surface area contributed by atoms with E-state index in [-0.39, 0.29) is 18.6 Å². The Hall–Kier alpha value is -2.38. The Bertz CT molecular complexity index is 861. The number of para-hydroxylation sites is 1. The van der Waals surface area contributed by atoms with Gasteiger partial charge in [-0.05, 0) is 42.7 Å². The number of anilines is 1. The molecular formula is C20H24N2O4S. The molecule has 7 heteroatoms. The van der Waals surface area contributed by atoms with Crippen LogP contribution in [0.3, 0.4) is 0 Å². The number of nitrogens with one attached hydrogen (secondary N) is 1. The topological polar surface area (TPSA) is 75.7 Å². The fourth-order valence-electron chi connectivity index (χ4n) is 3.04. The molecule has 0 saturated carbocycles. The van der Waals surface area contributed by atoms with Crippen LogP contribution >= 0.6 is 0 Å². The van der Waals surface area contributed by atoms with Gasteiger partial charge in [-0.2, -0.15) is 0 Å². The number of ether oxygens (including phenoxy) is 1. The highest BCUT2D eigenvalue weighted by Crippen LogP contribution is 2.20. The standard InChI is InChI=1S/C20H24N2O4S/c1-27(24,25)22(18-6-3-2-4-7-18)15-16-9-11-17(12-10-16)20(23)21-14-19-8-5-13-26-19/h2-4,6-7,9-12,19H,5,8,13-15H2,1H3,(H,21,23)/t19-/m0/s1. The van der Waals surface area contributed by atoms with Crippen molar-refractivity contribution in [2.75, 3.05) is 23.7 Å². The zero-order valence-corrected chi connectivity index (χ0v) is 16.1. The lowest BCUT2D eigenvalue weighted by Gasteiger charge is -2.22. The van der Waals surface area contributed by atoms with Crippen LogP contribution in [0, 0.1) is 0 Å². The molecule has 1 aliphatic heterocycles. The van der Waals surface area contributed by atoms with Gasteiger partial charge in [-0.1, -0.05) is 30.3 Å². The molecule has 1 atom stereocenters. The third-order valence-corrected chi connectivity index (χ3v) is 5.64. The van der Waals surface area contributed by atoms with Crippen molar-refractivity contribution in [2.45, 2.75) is 25.5 Å². The summed E-state index contributed by atoms with van der Waals surface area (Å²) in [6.45, 7) is 1.48. The van der Waals surface area contributed by atoms with Crippen LogP contribution in [0.25, 0.3) is 0 Å². The lowest BCUT2D eigenvalue weighted by atomic mass is 10.1. The third-order valence-electron chi connectivity index (χ3n) is 4.50. The Morgan fingerprint density at radius 2 is 1.85 bits per heavy atom. The average Bonchev–Trinajstić information content (AvgIpc) is 3.18. The number of sulfonamides is 1. The quantitative estimate of drug-likeness (QED) is 0.791. The van der Waals surface area contributed by atoms with Crippen molar-refractivity contribution < 1.29 is 17.9 Å². The monoisotopic (exact) mass is 388 g/mol. The summed E-state index contributed by atoms with van der Waals surface area (Å²) >= 11 is 0. The summed E-state index contributed by atoms with van der Waals surface area (Å²) < 4.78 is 31.2. The Morgan fingerprint density at radius 1 is 1.15 bits per heavy atom. The molecule has 3 rings (SSSR count). The molecule has 1 N–H and O–H groups in total. The Labute approximate surface area is 160 Å². The maximum Gasteiger partial charge on any atom is 0.251 e. The van der Waals surface area contributed by atoms with Crippen LogP contribution in [0.2, 0.25) is 0 Å². The molecule has 0 spiro atoms. The Morgan fingerprint density at radius 3 is 2.44 bits per heavy atom. The predicted molar refractivity (Wildman–Crippen MR) is 105 cm³/mol. The van der Waals surface area contributed by atoms with Crippen LogP contribution in [0.15, 0.2) is 54.6 Å². The summed E-state index contributed by atoms with van der Waals surface area (Å²) in [5.41, 5.74) is 1.96. The molecule has 1 amide bonds. The van der Waals surface area contributed by atoms with E-state index in [2.05, 4.69) is 5.32 Å².